The third-order valence-electron chi connectivity index (χ3n) is 2.43. The number of amides is 1. The van der Waals surface area contributed by atoms with Crippen LogP contribution in [0, 0.1) is 0 Å². The molecule has 2 rings (SSSR count). The molecule has 0 atom stereocenters. The third-order valence-corrected chi connectivity index (χ3v) is 2.43. The highest BCUT2D eigenvalue weighted by molar-refractivity contribution is 5.93. The number of anilines is 1. The van der Waals surface area contributed by atoms with Gasteiger partial charge in [0.2, 0.25) is 5.91 Å². The molecule has 4 nitrogen and oxygen atoms in total. The molecule has 1 aliphatic rings. The number of phenols is 1. The Morgan fingerprint density at radius 3 is 2.93 bits per heavy atom. The van der Waals surface area contributed by atoms with Crippen LogP contribution in [0.15, 0.2) is 18.2 Å². The molecule has 0 bridgehead atoms. The number of phenolic OH excluding ortho intramolecular Hbond substituents is 1. The van der Waals surface area contributed by atoms with Crippen molar-refractivity contribution in [3.05, 3.63) is 23.8 Å². The molecule has 0 aliphatic carbocycles. The second-order valence-electron chi connectivity index (χ2n) is 3.43. The van der Waals surface area contributed by atoms with Gasteiger partial charge in [-0.2, -0.15) is 0 Å². The number of hydrogen-bond acceptors (Lipinski definition) is 3. The molecule has 3 N–H and O–H groups in total. The summed E-state index contributed by atoms with van der Waals surface area (Å²) in [5, 5.41) is 10.4. The lowest BCUT2D eigenvalue weighted by Gasteiger charge is -2.16. The van der Waals surface area contributed by atoms with E-state index in [2.05, 4.69) is 0 Å². The van der Waals surface area contributed by atoms with Gasteiger partial charge in [0.1, 0.15) is 5.75 Å². The number of hydrogen-bond donors (Lipinski definition) is 2. The highest BCUT2D eigenvalue weighted by Crippen LogP contribution is 2.28. The Hall–Kier alpha value is -1.55. The Kier molecular flexibility index (Phi) is 2.13. The summed E-state index contributed by atoms with van der Waals surface area (Å²) in [6, 6.07) is 4.95. The quantitative estimate of drug-likeness (QED) is 0.474. The molecule has 0 saturated carbocycles. The minimum Gasteiger partial charge on any atom is -0.508 e. The maximum atomic E-state index is 11.4. The molecule has 0 saturated heterocycles. The maximum absolute atomic E-state index is 11.4. The summed E-state index contributed by atoms with van der Waals surface area (Å²) >= 11 is 0. The Balaban J connectivity index is 2.49. The molecule has 1 aromatic rings. The molecule has 14 heavy (non-hydrogen) atoms. The van der Waals surface area contributed by atoms with Gasteiger partial charge in [0.15, 0.2) is 0 Å². The summed E-state index contributed by atoms with van der Waals surface area (Å²) in [5.41, 5.74) is 1.63. The fraction of sp³-hybridized carbons (Fsp3) is 0.300. The van der Waals surface area contributed by atoms with Gasteiger partial charge in [-0.3, -0.25) is 4.79 Å². The normalized spacial score (nSPS) is 16.4. The molecular formula is C10H12N2O2. The number of nitrogens with zero attached hydrogens (tertiary/aromatic N) is 1. The smallest absolute Gasteiger partial charge is 0.241 e. The van der Waals surface area contributed by atoms with Crippen molar-refractivity contribution in [2.24, 2.45) is 5.84 Å². The van der Waals surface area contributed by atoms with Crippen LogP contribution in [0.2, 0.25) is 0 Å². The van der Waals surface area contributed by atoms with E-state index in [4.69, 9.17) is 5.84 Å². The molecule has 0 spiro atoms. The van der Waals surface area contributed by atoms with Crippen LogP contribution in [-0.4, -0.2) is 11.0 Å². The molecule has 0 unspecified atom stereocenters. The first-order valence-corrected chi connectivity index (χ1v) is 4.58. The molecule has 1 aromatic carbocycles. The van der Waals surface area contributed by atoms with Gasteiger partial charge in [-0.15, -0.1) is 0 Å². The van der Waals surface area contributed by atoms with Gasteiger partial charge in [0, 0.05) is 12.5 Å². The zero-order chi connectivity index (χ0) is 10.1. The van der Waals surface area contributed by atoms with Crippen LogP contribution in [0.1, 0.15) is 18.4 Å². The van der Waals surface area contributed by atoms with E-state index in [1.165, 1.54) is 6.07 Å². The minimum absolute atomic E-state index is 0.102. The minimum atomic E-state index is -0.102. The standard InChI is InChI=1S/C10H12N2O2/c11-12-9-6-8(13)5-4-7(9)2-1-3-10(12)14/h4-6,13H,1-3,11H2. The van der Waals surface area contributed by atoms with E-state index in [0.717, 1.165) is 23.4 Å². The van der Waals surface area contributed by atoms with E-state index < -0.39 is 0 Å². The van der Waals surface area contributed by atoms with Crippen LogP contribution < -0.4 is 10.9 Å². The van der Waals surface area contributed by atoms with E-state index in [9.17, 15) is 9.90 Å². The second kappa shape index (κ2) is 3.31. The number of carbonyl (C=O) groups is 1. The molecule has 74 valence electrons. The highest BCUT2D eigenvalue weighted by atomic mass is 16.3. The summed E-state index contributed by atoms with van der Waals surface area (Å²) < 4.78 is 0. The Morgan fingerprint density at radius 1 is 1.36 bits per heavy atom. The number of aryl methyl sites for hydroxylation is 1. The van der Waals surface area contributed by atoms with E-state index in [-0.39, 0.29) is 11.7 Å². The van der Waals surface area contributed by atoms with Crippen molar-refractivity contribution < 1.29 is 9.90 Å². The van der Waals surface area contributed by atoms with E-state index in [1.807, 2.05) is 6.07 Å². The fourth-order valence-electron chi connectivity index (χ4n) is 1.67. The molecule has 4 heteroatoms. The van der Waals surface area contributed by atoms with Crippen LogP contribution in [0.3, 0.4) is 0 Å². The number of nitrogens with two attached hydrogens (primary N) is 1. The first-order chi connectivity index (χ1) is 6.68. The predicted octanol–water partition coefficient (Wildman–Crippen LogP) is 0.935. The Bertz CT molecular complexity index is 376. The summed E-state index contributed by atoms with van der Waals surface area (Å²) in [6.07, 6.45) is 2.10. The zero-order valence-corrected chi connectivity index (χ0v) is 7.73. The molecule has 1 heterocycles. The van der Waals surface area contributed by atoms with Crippen molar-refractivity contribution in [3.63, 3.8) is 0 Å². The largest absolute Gasteiger partial charge is 0.508 e. The van der Waals surface area contributed by atoms with E-state index >= 15 is 0 Å². The lowest BCUT2D eigenvalue weighted by Crippen LogP contribution is -2.36. The third kappa shape index (κ3) is 1.44. The fourth-order valence-corrected chi connectivity index (χ4v) is 1.67. The number of hydrazine groups is 1. The Labute approximate surface area is 81.9 Å². The van der Waals surface area contributed by atoms with Gasteiger partial charge in [0.05, 0.1) is 5.69 Å². The lowest BCUT2D eigenvalue weighted by atomic mass is 10.1. The first kappa shape index (κ1) is 9.02. The van der Waals surface area contributed by atoms with Gasteiger partial charge in [-0.05, 0) is 24.5 Å². The molecule has 0 radical (unpaired) electrons. The summed E-state index contributed by atoms with van der Waals surface area (Å²) in [6.45, 7) is 0. The predicted molar refractivity (Wildman–Crippen MR) is 52.7 cm³/mol. The molecule has 0 aromatic heterocycles. The number of aromatic hydroxyl groups is 1. The first-order valence-electron chi connectivity index (χ1n) is 4.58. The SMILES string of the molecule is NN1C(=O)CCCc2ccc(O)cc21. The van der Waals surface area contributed by atoms with Gasteiger partial charge in [-0.25, -0.2) is 10.9 Å². The number of rotatable bonds is 0. The van der Waals surface area contributed by atoms with E-state index in [0.29, 0.717) is 12.1 Å². The average molecular weight is 192 g/mol. The van der Waals surface area contributed by atoms with Crippen LogP contribution in [-0.2, 0) is 11.2 Å². The van der Waals surface area contributed by atoms with Crippen molar-refractivity contribution in [1.82, 2.24) is 0 Å². The van der Waals surface area contributed by atoms with Crippen LogP contribution in [0.5, 0.6) is 5.75 Å². The van der Waals surface area contributed by atoms with Crippen molar-refractivity contribution in [3.8, 4) is 5.75 Å². The topological polar surface area (TPSA) is 66.6 Å². The van der Waals surface area contributed by atoms with Crippen LogP contribution >= 0.6 is 0 Å². The summed E-state index contributed by atoms with van der Waals surface area (Å²) in [7, 11) is 0. The lowest BCUT2D eigenvalue weighted by molar-refractivity contribution is -0.118. The van der Waals surface area contributed by atoms with Crippen molar-refractivity contribution in [2.75, 3.05) is 5.01 Å². The average Bonchev–Trinajstić information content (AvgIpc) is 2.30. The maximum Gasteiger partial charge on any atom is 0.241 e. The van der Waals surface area contributed by atoms with Gasteiger partial charge < -0.3 is 5.11 Å². The molecular weight excluding hydrogens is 180 g/mol. The second-order valence-corrected chi connectivity index (χ2v) is 3.43. The molecule has 0 fully saturated rings. The zero-order valence-electron chi connectivity index (χ0n) is 7.73. The van der Waals surface area contributed by atoms with Crippen molar-refractivity contribution in [2.45, 2.75) is 19.3 Å². The molecule has 1 amide bonds. The summed E-state index contributed by atoms with van der Waals surface area (Å²) in [4.78, 5) is 11.4. The number of benzene rings is 1. The van der Waals surface area contributed by atoms with Gasteiger partial charge in [-0.1, -0.05) is 6.07 Å². The highest BCUT2D eigenvalue weighted by Gasteiger charge is 2.19. The van der Waals surface area contributed by atoms with Crippen LogP contribution in [0.4, 0.5) is 5.69 Å². The van der Waals surface area contributed by atoms with Crippen LogP contribution in [0.25, 0.3) is 0 Å². The van der Waals surface area contributed by atoms with E-state index in [1.54, 1.807) is 6.07 Å². The number of fused-ring (bicyclic) bond motifs is 1. The number of carbonyl (C=O) groups excluding carboxylic acids is 1. The molecule has 1 aliphatic heterocycles. The van der Waals surface area contributed by atoms with Gasteiger partial charge in [0.25, 0.3) is 0 Å². The summed E-state index contributed by atoms with van der Waals surface area (Å²) in [5.74, 6) is 5.66. The monoisotopic (exact) mass is 192 g/mol. The van der Waals surface area contributed by atoms with Crippen molar-refractivity contribution in [1.29, 1.82) is 0 Å². The van der Waals surface area contributed by atoms with Crippen molar-refractivity contribution >= 4 is 11.6 Å². The van der Waals surface area contributed by atoms with Gasteiger partial charge >= 0.3 is 0 Å². The Morgan fingerprint density at radius 2 is 2.14 bits per heavy atom.